The molecular weight excluding hydrogens is 849 g/mol. The van der Waals surface area contributed by atoms with Crippen molar-refractivity contribution >= 4 is 35.6 Å². The normalized spacial score (nSPS) is 19.7. The summed E-state index contributed by atoms with van der Waals surface area (Å²) in [7, 11) is 1.19. The van der Waals surface area contributed by atoms with Gasteiger partial charge in [0.1, 0.15) is 42.5 Å². The van der Waals surface area contributed by atoms with Gasteiger partial charge >= 0.3 is 11.9 Å². The third kappa shape index (κ3) is 26.9. The molecule has 0 radical (unpaired) electrons. The number of carbonyl (C=O) groups is 6. The number of aliphatic hydroxyl groups is 2. The predicted molar refractivity (Wildman–Crippen MR) is 255 cm³/mol. The van der Waals surface area contributed by atoms with Crippen LogP contribution in [0.4, 0.5) is 0 Å². The van der Waals surface area contributed by atoms with Crippen LogP contribution in [-0.2, 0) is 47.7 Å². The molecule has 7 N–H and O–H groups in total. The van der Waals surface area contributed by atoms with Crippen LogP contribution in [-0.4, -0.2) is 108 Å². The maximum absolute atomic E-state index is 14.1. The van der Waals surface area contributed by atoms with Gasteiger partial charge in [0.2, 0.25) is 29.9 Å². The van der Waals surface area contributed by atoms with Gasteiger partial charge in [0.15, 0.2) is 0 Å². The van der Waals surface area contributed by atoms with Gasteiger partial charge in [0.05, 0.1) is 19.6 Å². The Morgan fingerprint density at radius 3 is 1.53 bits per heavy atom. The van der Waals surface area contributed by atoms with Crippen molar-refractivity contribution in [1.82, 2.24) is 16.0 Å². The molecule has 16 heteroatoms. The smallest absolute Gasteiger partial charge is 0.311 e. The molecule has 1 fully saturated rings. The van der Waals surface area contributed by atoms with E-state index in [4.69, 9.17) is 19.9 Å². The molecule has 0 bridgehead atoms. The number of carbonyl (C=O) groups excluding carboxylic acids is 6. The molecule has 0 saturated carbocycles. The van der Waals surface area contributed by atoms with Gasteiger partial charge in [-0.05, 0) is 33.1 Å². The molecule has 16 nitrogen and oxygen atoms in total. The van der Waals surface area contributed by atoms with E-state index in [1.807, 2.05) is 0 Å². The standard InChI is InChI=1S/C50H92N4O12/c1-7-9-11-13-15-17-19-21-23-25-27-29-31-39(32-30-28-26-24-22-20-18-16-14-12-10-8-2)49(62)66-50-43(53-38(5)56)45(44(58)41(35-55)65-50)64-37(4)48(61)52-36(3)47(60)54-40(46(51)59)33-34-42(57)63-6/h36-37,39-41,43-45,50,55,58H,7-35H2,1-6H3,(H2,51,59)(H,52,61)(H,53,56)(H,54,60)/t36-,37+,40+,41+,43+,44+,45+,50+/m0/s1. The molecule has 4 amide bonds. The number of nitrogens with two attached hydrogens (primary N) is 1. The summed E-state index contributed by atoms with van der Waals surface area (Å²) < 4.78 is 22.6. The highest BCUT2D eigenvalue weighted by Crippen LogP contribution is 2.29. The number of nitrogens with one attached hydrogen (secondary N) is 3. The van der Waals surface area contributed by atoms with Gasteiger partial charge in [0.25, 0.3) is 0 Å². The molecule has 1 aliphatic rings. The molecule has 8 atom stereocenters. The predicted octanol–water partition coefficient (Wildman–Crippen LogP) is 7.11. The zero-order valence-electron chi connectivity index (χ0n) is 41.8. The fourth-order valence-corrected chi connectivity index (χ4v) is 8.41. The lowest BCUT2D eigenvalue weighted by molar-refractivity contribution is -0.275. The molecule has 0 aliphatic carbocycles. The molecule has 1 saturated heterocycles. The first-order chi connectivity index (χ1) is 31.7. The first-order valence-corrected chi connectivity index (χ1v) is 25.7. The number of hydrogen-bond acceptors (Lipinski definition) is 12. The molecule has 66 heavy (non-hydrogen) atoms. The minimum absolute atomic E-state index is 0.114. The summed E-state index contributed by atoms with van der Waals surface area (Å²) in [6.45, 7) is 7.76. The third-order valence-electron chi connectivity index (χ3n) is 12.6. The number of primary amides is 1. The fourth-order valence-electron chi connectivity index (χ4n) is 8.41. The van der Waals surface area contributed by atoms with Crippen LogP contribution in [0.25, 0.3) is 0 Å². The topological polar surface area (TPSA) is 242 Å². The van der Waals surface area contributed by atoms with Crippen molar-refractivity contribution in [3.05, 3.63) is 0 Å². The largest absolute Gasteiger partial charge is 0.469 e. The van der Waals surface area contributed by atoms with Crippen LogP contribution in [0, 0.1) is 5.92 Å². The molecule has 0 aromatic heterocycles. The van der Waals surface area contributed by atoms with Crippen molar-refractivity contribution in [2.45, 2.75) is 263 Å². The minimum Gasteiger partial charge on any atom is -0.469 e. The number of unbranched alkanes of at least 4 members (excludes halogenated alkanes) is 22. The first-order valence-electron chi connectivity index (χ1n) is 25.7. The molecule has 1 heterocycles. The maximum atomic E-state index is 14.1. The van der Waals surface area contributed by atoms with E-state index >= 15 is 0 Å². The molecule has 384 valence electrons. The second-order valence-corrected chi connectivity index (χ2v) is 18.5. The van der Waals surface area contributed by atoms with E-state index < -0.39 is 96.9 Å². The van der Waals surface area contributed by atoms with Crippen molar-refractivity contribution in [3.63, 3.8) is 0 Å². The zero-order valence-corrected chi connectivity index (χ0v) is 41.8. The van der Waals surface area contributed by atoms with Gasteiger partial charge in [-0.25, -0.2) is 0 Å². The van der Waals surface area contributed by atoms with Crippen LogP contribution >= 0.6 is 0 Å². The number of hydrogen-bond donors (Lipinski definition) is 6. The number of esters is 2. The highest BCUT2D eigenvalue weighted by molar-refractivity contribution is 5.92. The van der Waals surface area contributed by atoms with Crippen molar-refractivity contribution in [1.29, 1.82) is 0 Å². The summed E-state index contributed by atoms with van der Waals surface area (Å²) >= 11 is 0. The average molecular weight is 941 g/mol. The van der Waals surface area contributed by atoms with Crippen LogP contribution in [0.3, 0.4) is 0 Å². The van der Waals surface area contributed by atoms with E-state index in [-0.39, 0.29) is 12.8 Å². The van der Waals surface area contributed by atoms with Gasteiger partial charge in [-0.15, -0.1) is 0 Å². The number of aliphatic hydroxyl groups excluding tert-OH is 2. The van der Waals surface area contributed by atoms with E-state index in [1.165, 1.54) is 143 Å². The monoisotopic (exact) mass is 941 g/mol. The number of methoxy groups -OCH3 is 1. The van der Waals surface area contributed by atoms with Gasteiger partial charge in [0, 0.05) is 13.3 Å². The van der Waals surface area contributed by atoms with Crippen LogP contribution < -0.4 is 21.7 Å². The maximum Gasteiger partial charge on any atom is 0.311 e. The van der Waals surface area contributed by atoms with E-state index in [0.29, 0.717) is 12.8 Å². The van der Waals surface area contributed by atoms with Gasteiger partial charge in [-0.1, -0.05) is 168 Å². The molecular formula is C50H92N4O12. The van der Waals surface area contributed by atoms with Crippen LogP contribution in [0.1, 0.15) is 214 Å². The van der Waals surface area contributed by atoms with Gasteiger partial charge in [-0.3, -0.25) is 28.8 Å². The second-order valence-electron chi connectivity index (χ2n) is 18.5. The Labute approximate surface area is 397 Å². The molecule has 0 unspecified atom stereocenters. The minimum atomic E-state index is -1.57. The van der Waals surface area contributed by atoms with Crippen molar-refractivity contribution in [2.24, 2.45) is 11.7 Å². The lowest BCUT2D eigenvalue weighted by Crippen LogP contribution is -2.66. The van der Waals surface area contributed by atoms with E-state index in [9.17, 15) is 39.0 Å². The van der Waals surface area contributed by atoms with Crippen molar-refractivity contribution in [3.8, 4) is 0 Å². The average Bonchev–Trinajstić information content (AvgIpc) is 3.28. The Bertz CT molecular complexity index is 1330. The summed E-state index contributed by atoms with van der Waals surface area (Å²) in [6, 6.07) is -3.67. The first kappa shape index (κ1) is 60.7. The molecule has 0 aromatic rings. The molecule has 1 aliphatic heterocycles. The number of rotatable bonds is 40. The number of amides is 4. The Hall–Kier alpha value is -3.34. The zero-order chi connectivity index (χ0) is 49.1. The van der Waals surface area contributed by atoms with Crippen molar-refractivity contribution < 1.29 is 57.9 Å². The van der Waals surface area contributed by atoms with Crippen molar-refractivity contribution in [2.75, 3.05) is 13.7 Å². The highest BCUT2D eigenvalue weighted by atomic mass is 16.7. The van der Waals surface area contributed by atoms with Gasteiger partial charge < -0.3 is 50.8 Å². The van der Waals surface area contributed by atoms with E-state index in [0.717, 1.165) is 38.5 Å². The van der Waals surface area contributed by atoms with Crippen LogP contribution in [0.15, 0.2) is 0 Å². The summed E-state index contributed by atoms with van der Waals surface area (Å²) in [4.78, 5) is 76.4. The summed E-state index contributed by atoms with van der Waals surface area (Å²) in [6.07, 6.45) is 22.7. The molecule has 1 rings (SSSR count). The van der Waals surface area contributed by atoms with E-state index in [2.05, 4.69) is 34.5 Å². The van der Waals surface area contributed by atoms with Gasteiger partial charge in [-0.2, -0.15) is 0 Å². The SMILES string of the molecule is CCCCCCCCCCCCCCC(CCCCCCCCCCCCCC)C(=O)O[C@H]1O[C@H](CO)[C@@H](O)[C@H](O[C@H](C)C(=O)N[C@@H](C)C(=O)N[C@H](CCC(=O)OC)C(N)=O)[C@H]1NC(C)=O. The lowest BCUT2D eigenvalue weighted by Gasteiger charge is -2.44. The number of ether oxygens (including phenoxy) is 4. The Morgan fingerprint density at radius 1 is 0.667 bits per heavy atom. The molecule has 0 aromatic carbocycles. The fraction of sp³-hybridized carbons (Fsp3) is 0.880. The Balaban J connectivity index is 3.00. The quantitative estimate of drug-likeness (QED) is 0.0266. The third-order valence-corrected chi connectivity index (χ3v) is 12.6. The van der Waals surface area contributed by atoms with Crippen LogP contribution in [0.2, 0.25) is 0 Å². The molecule has 0 spiro atoms. The Morgan fingerprint density at radius 2 is 1.12 bits per heavy atom. The second kappa shape index (κ2) is 37.6. The summed E-state index contributed by atoms with van der Waals surface area (Å²) in [5, 5.41) is 29.1. The van der Waals surface area contributed by atoms with E-state index in [1.54, 1.807) is 0 Å². The lowest BCUT2D eigenvalue weighted by atomic mass is 9.93. The van der Waals surface area contributed by atoms with Crippen LogP contribution in [0.5, 0.6) is 0 Å². The highest BCUT2D eigenvalue weighted by Gasteiger charge is 2.49. The summed E-state index contributed by atoms with van der Waals surface area (Å²) in [5.41, 5.74) is 5.41. The summed E-state index contributed by atoms with van der Waals surface area (Å²) in [5.74, 6) is -4.50. The Kier molecular flexibility index (Phi) is 34.6.